The van der Waals surface area contributed by atoms with Gasteiger partial charge < -0.3 is 9.26 Å². The number of benzene rings is 1. The average molecular weight is 356 g/mol. The molecule has 0 spiro atoms. The van der Waals surface area contributed by atoms with Gasteiger partial charge in [0.05, 0.1) is 13.2 Å². The highest BCUT2D eigenvalue weighted by Gasteiger charge is 2.14. The summed E-state index contributed by atoms with van der Waals surface area (Å²) >= 11 is 8.67. The molecule has 0 aliphatic carbocycles. The zero-order valence-corrected chi connectivity index (χ0v) is 13.2. The van der Waals surface area contributed by atoms with Crippen molar-refractivity contribution in [3.05, 3.63) is 33.5 Å². The molecule has 1 aliphatic rings. The quantitative estimate of drug-likeness (QED) is 0.792. The van der Waals surface area contributed by atoms with Crippen LogP contribution in [0.1, 0.15) is 0 Å². The molecule has 3 rings (SSSR count). The first-order valence-electron chi connectivity index (χ1n) is 6.36. The summed E-state index contributed by atoms with van der Waals surface area (Å²) in [5.74, 6) is 0.552. The van der Waals surface area contributed by atoms with Crippen molar-refractivity contribution in [3.8, 4) is 11.5 Å². The molecule has 0 bridgehead atoms. The summed E-state index contributed by atoms with van der Waals surface area (Å²) in [5.41, 5.74) is 0.917. The number of halogens is 1. The SMILES string of the molecule is S=c1nc(-c2ccc(Br)cc2)on1CN1CCOCC1. The van der Waals surface area contributed by atoms with E-state index in [0.717, 1.165) is 36.3 Å². The van der Waals surface area contributed by atoms with Crippen LogP contribution in [0.3, 0.4) is 0 Å². The third-order valence-corrected chi connectivity index (χ3v) is 3.95. The van der Waals surface area contributed by atoms with Crippen LogP contribution < -0.4 is 0 Å². The Hall–Kier alpha value is -1.02. The zero-order chi connectivity index (χ0) is 13.9. The van der Waals surface area contributed by atoms with E-state index in [2.05, 4.69) is 25.8 Å². The van der Waals surface area contributed by atoms with E-state index in [1.165, 1.54) is 0 Å². The van der Waals surface area contributed by atoms with Crippen molar-refractivity contribution >= 4 is 28.1 Å². The number of ether oxygens (including phenoxy) is 1. The van der Waals surface area contributed by atoms with Gasteiger partial charge in [-0.2, -0.15) is 9.72 Å². The van der Waals surface area contributed by atoms with Crippen molar-refractivity contribution < 1.29 is 9.26 Å². The van der Waals surface area contributed by atoms with Crippen molar-refractivity contribution in [1.82, 2.24) is 14.6 Å². The van der Waals surface area contributed by atoms with E-state index in [9.17, 15) is 0 Å². The maximum Gasteiger partial charge on any atom is 0.256 e. The average Bonchev–Trinajstić information content (AvgIpc) is 2.82. The molecule has 0 N–H and O–H groups in total. The number of rotatable bonds is 3. The monoisotopic (exact) mass is 355 g/mol. The Balaban J connectivity index is 1.79. The number of nitrogens with zero attached hydrogens (tertiary/aromatic N) is 3. The smallest absolute Gasteiger partial charge is 0.256 e. The van der Waals surface area contributed by atoms with E-state index in [1.54, 1.807) is 4.74 Å². The maximum atomic E-state index is 5.75. The minimum atomic E-state index is 0.467. The topological polar surface area (TPSA) is 43.4 Å². The second-order valence-corrected chi connectivity index (χ2v) is 5.83. The van der Waals surface area contributed by atoms with Crippen LogP contribution in [0.25, 0.3) is 11.5 Å². The Morgan fingerprint density at radius 3 is 2.60 bits per heavy atom. The summed E-state index contributed by atoms with van der Waals surface area (Å²) < 4.78 is 14.2. The molecule has 1 aromatic carbocycles. The Labute approximate surface area is 130 Å². The van der Waals surface area contributed by atoms with Gasteiger partial charge in [0.2, 0.25) is 4.77 Å². The largest absolute Gasteiger partial charge is 0.379 e. The molecular weight excluding hydrogens is 342 g/mol. The second kappa shape index (κ2) is 6.17. The minimum Gasteiger partial charge on any atom is -0.379 e. The molecule has 2 aromatic rings. The fourth-order valence-corrected chi connectivity index (χ4v) is 2.47. The second-order valence-electron chi connectivity index (χ2n) is 4.55. The number of aromatic nitrogens is 2. The highest BCUT2D eigenvalue weighted by Crippen LogP contribution is 2.20. The molecule has 1 aromatic heterocycles. The lowest BCUT2D eigenvalue weighted by atomic mass is 10.2. The number of hydrogen-bond donors (Lipinski definition) is 0. The first kappa shape index (κ1) is 13.9. The fraction of sp³-hybridized carbons (Fsp3) is 0.385. The Bertz CT molecular complexity index is 632. The summed E-state index contributed by atoms with van der Waals surface area (Å²) in [5, 5.41) is 0. The fourth-order valence-electron chi connectivity index (χ4n) is 2.03. The third kappa shape index (κ3) is 3.17. The highest BCUT2D eigenvalue weighted by molar-refractivity contribution is 9.10. The van der Waals surface area contributed by atoms with Crippen LogP contribution in [0.4, 0.5) is 0 Å². The molecule has 7 heteroatoms. The van der Waals surface area contributed by atoms with E-state index in [-0.39, 0.29) is 0 Å². The van der Waals surface area contributed by atoms with Crippen molar-refractivity contribution in [3.63, 3.8) is 0 Å². The van der Waals surface area contributed by atoms with Crippen LogP contribution >= 0.6 is 28.1 Å². The van der Waals surface area contributed by atoms with Crippen LogP contribution in [-0.4, -0.2) is 40.9 Å². The molecule has 1 saturated heterocycles. The van der Waals surface area contributed by atoms with Crippen molar-refractivity contribution in [1.29, 1.82) is 0 Å². The van der Waals surface area contributed by atoms with Gasteiger partial charge in [0.1, 0.15) is 6.67 Å². The predicted molar refractivity (Wildman–Crippen MR) is 80.9 cm³/mol. The van der Waals surface area contributed by atoms with Gasteiger partial charge in [-0.3, -0.25) is 4.90 Å². The molecule has 1 fully saturated rings. The summed E-state index contributed by atoms with van der Waals surface area (Å²) in [7, 11) is 0. The van der Waals surface area contributed by atoms with Gasteiger partial charge in [0, 0.05) is 23.1 Å². The predicted octanol–water partition coefficient (Wildman–Crippen LogP) is 2.92. The molecule has 0 amide bonds. The van der Waals surface area contributed by atoms with Crippen LogP contribution in [-0.2, 0) is 11.4 Å². The molecule has 0 unspecified atom stereocenters. The van der Waals surface area contributed by atoms with Crippen LogP contribution in [0.5, 0.6) is 0 Å². The van der Waals surface area contributed by atoms with Crippen LogP contribution in [0.15, 0.2) is 33.3 Å². The Kier molecular flexibility index (Phi) is 4.30. The highest BCUT2D eigenvalue weighted by atomic mass is 79.9. The molecule has 5 nitrogen and oxygen atoms in total. The van der Waals surface area contributed by atoms with Gasteiger partial charge >= 0.3 is 0 Å². The molecule has 0 saturated carbocycles. The molecule has 0 radical (unpaired) electrons. The lowest BCUT2D eigenvalue weighted by molar-refractivity contribution is 0.00829. The van der Waals surface area contributed by atoms with Crippen molar-refractivity contribution in [2.45, 2.75) is 6.67 Å². The first-order chi connectivity index (χ1) is 9.72. The van der Waals surface area contributed by atoms with E-state index < -0.39 is 0 Å². The number of hydrogen-bond acceptors (Lipinski definition) is 5. The normalized spacial score (nSPS) is 16.4. The van der Waals surface area contributed by atoms with E-state index >= 15 is 0 Å². The van der Waals surface area contributed by atoms with Gasteiger partial charge in [-0.05, 0) is 36.5 Å². The summed E-state index contributed by atoms with van der Waals surface area (Å²) in [6.07, 6.45) is 0. The van der Waals surface area contributed by atoms with Gasteiger partial charge in [-0.1, -0.05) is 15.9 Å². The Morgan fingerprint density at radius 2 is 1.90 bits per heavy atom. The van der Waals surface area contributed by atoms with Crippen molar-refractivity contribution in [2.75, 3.05) is 26.3 Å². The van der Waals surface area contributed by atoms with Crippen LogP contribution in [0, 0.1) is 4.77 Å². The van der Waals surface area contributed by atoms with E-state index in [1.807, 2.05) is 24.3 Å². The van der Waals surface area contributed by atoms with Gasteiger partial charge in [-0.15, -0.1) is 0 Å². The van der Waals surface area contributed by atoms with Gasteiger partial charge in [-0.25, -0.2) is 0 Å². The van der Waals surface area contributed by atoms with E-state index in [0.29, 0.717) is 17.3 Å². The molecular formula is C13H14BrN3O2S. The summed E-state index contributed by atoms with van der Waals surface area (Å²) in [6, 6.07) is 7.80. The summed E-state index contributed by atoms with van der Waals surface area (Å²) in [6.45, 7) is 3.89. The minimum absolute atomic E-state index is 0.467. The third-order valence-electron chi connectivity index (χ3n) is 3.13. The number of morpholine rings is 1. The van der Waals surface area contributed by atoms with Crippen molar-refractivity contribution in [2.24, 2.45) is 0 Å². The molecule has 0 atom stereocenters. The zero-order valence-electron chi connectivity index (χ0n) is 10.8. The molecule has 106 valence electrons. The maximum absolute atomic E-state index is 5.75. The van der Waals surface area contributed by atoms with Gasteiger partial charge in [0.15, 0.2) is 0 Å². The molecule has 2 heterocycles. The lowest BCUT2D eigenvalue weighted by Gasteiger charge is -2.25. The first-order valence-corrected chi connectivity index (χ1v) is 7.57. The molecule has 1 aliphatic heterocycles. The van der Waals surface area contributed by atoms with Gasteiger partial charge in [0.25, 0.3) is 5.89 Å². The lowest BCUT2D eigenvalue weighted by Crippen LogP contribution is -2.37. The van der Waals surface area contributed by atoms with E-state index in [4.69, 9.17) is 21.5 Å². The van der Waals surface area contributed by atoms with Crippen LogP contribution in [0.2, 0.25) is 0 Å². The molecule has 20 heavy (non-hydrogen) atoms. The summed E-state index contributed by atoms with van der Waals surface area (Å²) in [4.78, 5) is 6.55. The standard InChI is InChI=1S/C13H14BrN3O2S/c14-11-3-1-10(2-4-11)12-15-13(20)17(19-12)9-16-5-7-18-8-6-16/h1-4H,5-9H2. The Morgan fingerprint density at radius 1 is 1.20 bits per heavy atom.